The van der Waals surface area contributed by atoms with Crippen molar-refractivity contribution in [1.82, 2.24) is 20.3 Å². The molecule has 3 heterocycles. The maximum absolute atomic E-state index is 12.3. The Morgan fingerprint density at radius 3 is 2.74 bits per heavy atom. The van der Waals surface area contributed by atoms with Crippen LogP contribution < -0.4 is 10.6 Å². The monoisotopic (exact) mass is 531 g/mol. The predicted molar refractivity (Wildman–Crippen MR) is 152 cm³/mol. The molecule has 8 heteroatoms. The highest BCUT2D eigenvalue weighted by atomic mass is 35.5. The Kier molecular flexibility index (Phi) is 7.56. The Labute approximate surface area is 228 Å². The zero-order valence-corrected chi connectivity index (χ0v) is 22.8. The molecule has 1 saturated carbocycles. The summed E-state index contributed by atoms with van der Waals surface area (Å²) in [6.07, 6.45) is 5.17. The first-order chi connectivity index (χ1) is 18.2. The van der Waals surface area contributed by atoms with Crippen LogP contribution in [0.1, 0.15) is 63.6 Å². The molecule has 4 aromatic rings. The Morgan fingerprint density at radius 1 is 1.13 bits per heavy atom. The van der Waals surface area contributed by atoms with Crippen LogP contribution in [-0.2, 0) is 11.3 Å². The van der Waals surface area contributed by atoms with Gasteiger partial charge in [0.1, 0.15) is 17.1 Å². The molecule has 1 fully saturated rings. The number of aromatic amines is 1. The molecule has 0 spiro atoms. The van der Waals surface area contributed by atoms with Crippen molar-refractivity contribution < 1.29 is 9.53 Å². The zero-order chi connectivity index (χ0) is 26.7. The molecule has 1 aliphatic rings. The number of aromatic nitrogens is 3. The molecule has 0 bridgehead atoms. The molecule has 38 heavy (non-hydrogen) atoms. The maximum Gasteiger partial charge on any atom is 0.407 e. The first-order valence-electron chi connectivity index (χ1n) is 13.2. The van der Waals surface area contributed by atoms with Crippen molar-refractivity contribution >= 4 is 34.5 Å². The molecular formula is C30H34ClN5O2. The van der Waals surface area contributed by atoms with Crippen LogP contribution in [0.3, 0.4) is 0 Å². The number of nitrogens with zero attached hydrogens (tertiary/aromatic N) is 2. The van der Waals surface area contributed by atoms with Crippen LogP contribution in [0.25, 0.3) is 22.3 Å². The number of carbonyl (C=O) groups is 1. The van der Waals surface area contributed by atoms with Crippen molar-refractivity contribution in [1.29, 1.82) is 0 Å². The Morgan fingerprint density at radius 2 is 1.95 bits per heavy atom. The molecule has 3 aromatic heterocycles. The number of H-pyrrole nitrogens is 1. The van der Waals surface area contributed by atoms with Crippen LogP contribution >= 0.6 is 11.6 Å². The highest BCUT2D eigenvalue weighted by molar-refractivity contribution is 6.34. The molecule has 2 atom stereocenters. The molecule has 0 radical (unpaired) electrons. The van der Waals surface area contributed by atoms with Crippen molar-refractivity contribution in [2.75, 3.05) is 5.32 Å². The lowest BCUT2D eigenvalue weighted by molar-refractivity contribution is 0.0490. The number of nitrogens with one attached hydrogen (secondary N) is 3. The van der Waals surface area contributed by atoms with Gasteiger partial charge < -0.3 is 20.4 Å². The number of alkyl carbamates (subject to hydrolysis) is 1. The fourth-order valence-electron chi connectivity index (χ4n) is 5.09. The number of anilines is 1. The quantitative estimate of drug-likeness (QED) is 0.240. The van der Waals surface area contributed by atoms with Gasteiger partial charge in [0.2, 0.25) is 0 Å². The number of ether oxygens (including phenoxy) is 1. The summed E-state index contributed by atoms with van der Waals surface area (Å²) in [7, 11) is 0. The van der Waals surface area contributed by atoms with Gasteiger partial charge in [0, 0.05) is 41.3 Å². The Balaban J connectivity index is 1.36. The molecule has 198 valence electrons. The number of pyridine rings is 2. The minimum atomic E-state index is -0.515. The lowest BCUT2D eigenvalue weighted by Gasteiger charge is -2.30. The third-order valence-corrected chi connectivity index (χ3v) is 7.08. The van der Waals surface area contributed by atoms with E-state index in [9.17, 15) is 4.79 Å². The van der Waals surface area contributed by atoms with Crippen LogP contribution in [0, 0.1) is 0 Å². The second kappa shape index (κ2) is 11.0. The fraction of sp³-hybridized carbons (Fsp3) is 0.367. The van der Waals surface area contributed by atoms with Gasteiger partial charge >= 0.3 is 6.09 Å². The van der Waals surface area contributed by atoms with Gasteiger partial charge in [-0.15, -0.1) is 0 Å². The van der Waals surface area contributed by atoms with Crippen LogP contribution in [0.15, 0.2) is 60.8 Å². The third-order valence-electron chi connectivity index (χ3n) is 6.79. The molecule has 0 saturated heterocycles. The second-order valence-electron chi connectivity index (χ2n) is 10.9. The largest absolute Gasteiger partial charge is 0.444 e. The molecule has 2 unspecified atom stereocenters. The molecule has 1 amide bonds. The third kappa shape index (κ3) is 6.27. The van der Waals surface area contributed by atoms with E-state index in [1.165, 1.54) is 5.56 Å². The number of fused-ring (bicyclic) bond motifs is 1. The number of carbonyl (C=O) groups excluding carboxylic acids is 1. The lowest BCUT2D eigenvalue weighted by Crippen LogP contribution is -2.41. The molecule has 5 rings (SSSR count). The van der Waals surface area contributed by atoms with E-state index in [0.717, 1.165) is 59.5 Å². The normalized spacial score (nSPS) is 17.8. The SMILES string of the molecule is CC(C)(C)OC(=O)NC1CCCC(c2cc3c(-c4cccc(NCc5ccccc5)n4)c(Cl)cnc3[nH]2)C1. The fourth-order valence-corrected chi connectivity index (χ4v) is 5.34. The maximum atomic E-state index is 12.3. The van der Waals surface area contributed by atoms with Crippen molar-refractivity contribution in [3.63, 3.8) is 0 Å². The van der Waals surface area contributed by atoms with E-state index < -0.39 is 5.60 Å². The molecule has 3 N–H and O–H groups in total. The van der Waals surface area contributed by atoms with E-state index in [1.807, 2.05) is 57.2 Å². The first kappa shape index (κ1) is 26.0. The number of halogens is 1. The van der Waals surface area contributed by atoms with Crippen LogP contribution in [0.4, 0.5) is 10.6 Å². The van der Waals surface area contributed by atoms with Crippen molar-refractivity contribution in [3.8, 4) is 11.3 Å². The number of hydrogen-bond acceptors (Lipinski definition) is 5. The molecule has 7 nitrogen and oxygen atoms in total. The molecule has 0 aliphatic heterocycles. The van der Waals surface area contributed by atoms with Gasteiger partial charge in [0.15, 0.2) is 0 Å². The second-order valence-corrected chi connectivity index (χ2v) is 11.3. The van der Waals surface area contributed by atoms with Gasteiger partial charge in [0.05, 0.1) is 10.7 Å². The van der Waals surface area contributed by atoms with Crippen molar-refractivity contribution in [2.24, 2.45) is 0 Å². The van der Waals surface area contributed by atoms with Crippen molar-refractivity contribution in [2.45, 2.75) is 70.6 Å². The van der Waals surface area contributed by atoms with Gasteiger partial charge in [-0.1, -0.05) is 54.4 Å². The number of benzene rings is 1. The Hall–Kier alpha value is -3.58. The van der Waals surface area contributed by atoms with E-state index in [-0.39, 0.29) is 18.1 Å². The number of hydrogen-bond donors (Lipinski definition) is 3. The minimum Gasteiger partial charge on any atom is -0.444 e. The summed E-state index contributed by atoms with van der Waals surface area (Å²) in [6.45, 7) is 6.31. The number of amides is 1. The average molecular weight is 532 g/mol. The summed E-state index contributed by atoms with van der Waals surface area (Å²) >= 11 is 6.69. The Bertz CT molecular complexity index is 1410. The first-order valence-corrected chi connectivity index (χ1v) is 13.5. The van der Waals surface area contributed by atoms with E-state index in [1.54, 1.807) is 6.20 Å². The average Bonchev–Trinajstić information content (AvgIpc) is 3.31. The van der Waals surface area contributed by atoms with E-state index >= 15 is 0 Å². The summed E-state index contributed by atoms with van der Waals surface area (Å²) in [5, 5.41) is 7.97. The zero-order valence-electron chi connectivity index (χ0n) is 22.1. The van der Waals surface area contributed by atoms with Crippen LogP contribution in [0.2, 0.25) is 5.02 Å². The van der Waals surface area contributed by atoms with E-state index in [0.29, 0.717) is 11.6 Å². The van der Waals surface area contributed by atoms with Gasteiger partial charge in [-0.3, -0.25) is 0 Å². The molecule has 1 aromatic carbocycles. The van der Waals surface area contributed by atoms with Crippen molar-refractivity contribution in [3.05, 3.63) is 77.1 Å². The van der Waals surface area contributed by atoms with Crippen LogP contribution in [-0.4, -0.2) is 32.7 Å². The van der Waals surface area contributed by atoms with E-state index in [4.69, 9.17) is 21.3 Å². The predicted octanol–water partition coefficient (Wildman–Crippen LogP) is 7.44. The smallest absolute Gasteiger partial charge is 0.407 e. The van der Waals surface area contributed by atoms with Crippen LogP contribution in [0.5, 0.6) is 0 Å². The summed E-state index contributed by atoms with van der Waals surface area (Å²) in [5.41, 5.74) is 4.21. The summed E-state index contributed by atoms with van der Waals surface area (Å²) in [5.74, 6) is 1.06. The number of rotatable bonds is 6. The highest BCUT2D eigenvalue weighted by Crippen LogP contribution is 2.38. The minimum absolute atomic E-state index is 0.0695. The van der Waals surface area contributed by atoms with Gasteiger partial charge in [-0.25, -0.2) is 14.8 Å². The topological polar surface area (TPSA) is 91.9 Å². The highest BCUT2D eigenvalue weighted by Gasteiger charge is 2.28. The van der Waals surface area contributed by atoms with Gasteiger partial charge in [-0.05, 0) is 63.8 Å². The van der Waals surface area contributed by atoms with Gasteiger partial charge in [-0.2, -0.15) is 0 Å². The standard InChI is InChI=1S/C30H34ClN5O2/c1-30(2,3)38-29(37)34-21-12-7-11-20(15-21)25-16-22-27(23(31)18-33-28(22)36-25)24-13-8-14-26(35-24)32-17-19-9-5-4-6-10-19/h4-6,8-10,13-14,16,18,20-21H,7,11-12,15,17H2,1-3H3,(H,32,35)(H,33,36)(H,34,37). The molecular weight excluding hydrogens is 498 g/mol. The van der Waals surface area contributed by atoms with Gasteiger partial charge in [0.25, 0.3) is 0 Å². The van der Waals surface area contributed by atoms with E-state index in [2.05, 4.69) is 38.8 Å². The molecule has 1 aliphatic carbocycles. The summed E-state index contributed by atoms with van der Waals surface area (Å²) in [6, 6.07) is 18.4. The summed E-state index contributed by atoms with van der Waals surface area (Å²) < 4.78 is 5.46. The summed E-state index contributed by atoms with van der Waals surface area (Å²) in [4.78, 5) is 25.3. The lowest BCUT2D eigenvalue weighted by atomic mass is 9.83.